The zero-order chi connectivity index (χ0) is 17.9. The van der Waals surface area contributed by atoms with Gasteiger partial charge in [-0.05, 0) is 37.5 Å². The maximum atomic E-state index is 12.8. The molecule has 134 valence electrons. The van der Waals surface area contributed by atoms with Crippen LogP contribution in [0.4, 0.5) is 5.69 Å². The van der Waals surface area contributed by atoms with Crippen LogP contribution in [0.15, 0.2) is 18.2 Å². The van der Waals surface area contributed by atoms with Crippen LogP contribution in [0.3, 0.4) is 0 Å². The molecule has 1 heterocycles. The minimum atomic E-state index is -3.65. The molecule has 6 nitrogen and oxygen atoms in total. The number of hydrogen-bond donors (Lipinski definition) is 0. The lowest BCUT2D eigenvalue weighted by atomic mass is 10.1. The van der Waals surface area contributed by atoms with Crippen molar-refractivity contribution >= 4 is 33.2 Å². The predicted octanol–water partition coefficient (Wildman–Crippen LogP) is 2.52. The van der Waals surface area contributed by atoms with Crippen molar-refractivity contribution in [3.05, 3.63) is 23.2 Å². The first kappa shape index (κ1) is 18.9. The normalized spacial score (nSPS) is 16.1. The summed E-state index contributed by atoms with van der Waals surface area (Å²) in [6.45, 7) is 3.16. The lowest BCUT2D eigenvalue weighted by Crippen LogP contribution is -2.50. The molecule has 1 fully saturated rings. The molecule has 1 atom stereocenters. The summed E-state index contributed by atoms with van der Waals surface area (Å²) in [5.74, 6) is 0.292. The van der Waals surface area contributed by atoms with Crippen LogP contribution in [0.25, 0.3) is 0 Å². The molecule has 0 aromatic heterocycles. The van der Waals surface area contributed by atoms with Crippen molar-refractivity contribution in [2.24, 2.45) is 0 Å². The summed E-state index contributed by atoms with van der Waals surface area (Å²) in [4.78, 5) is 14.5. The summed E-state index contributed by atoms with van der Waals surface area (Å²) >= 11 is 6.14. The number of benzene rings is 1. The second-order valence-corrected chi connectivity index (χ2v) is 8.10. The zero-order valence-corrected chi connectivity index (χ0v) is 15.7. The van der Waals surface area contributed by atoms with Crippen molar-refractivity contribution in [3.63, 3.8) is 0 Å². The number of nitrogens with zero attached hydrogens (tertiary/aromatic N) is 2. The van der Waals surface area contributed by atoms with Crippen molar-refractivity contribution < 1.29 is 17.9 Å². The van der Waals surface area contributed by atoms with Gasteiger partial charge in [0.1, 0.15) is 11.8 Å². The number of rotatable bonds is 6. The fourth-order valence-corrected chi connectivity index (χ4v) is 4.43. The van der Waals surface area contributed by atoms with Gasteiger partial charge in [0, 0.05) is 13.1 Å². The number of methoxy groups -OCH3 is 1. The topological polar surface area (TPSA) is 66.9 Å². The highest BCUT2D eigenvalue weighted by atomic mass is 35.5. The van der Waals surface area contributed by atoms with Crippen molar-refractivity contribution in [1.29, 1.82) is 0 Å². The Morgan fingerprint density at radius 3 is 2.46 bits per heavy atom. The summed E-state index contributed by atoms with van der Waals surface area (Å²) in [7, 11) is -2.17. The van der Waals surface area contributed by atoms with E-state index in [-0.39, 0.29) is 5.91 Å². The highest BCUT2D eigenvalue weighted by Crippen LogP contribution is 2.32. The van der Waals surface area contributed by atoms with Crippen LogP contribution in [-0.2, 0) is 14.8 Å². The molecule has 0 aliphatic carbocycles. The van der Waals surface area contributed by atoms with E-state index in [9.17, 15) is 13.2 Å². The SMILES string of the molecule is CCC(C(=O)N1CCCC1)N(c1ccc(OC)c(Cl)c1)S(C)(=O)=O. The molecular weight excluding hydrogens is 352 g/mol. The molecule has 0 bridgehead atoms. The molecular formula is C16H23ClN2O4S. The summed E-state index contributed by atoms with van der Waals surface area (Å²) in [5.41, 5.74) is 0.364. The third-order valence-corrected chi connectivity index (χ3v) is 5.59. The van der Waals surface area contributed by atoms with E-state index in [2.05, 4.69) is 0 Å². The molecule has 8 heteroatoms. The van der Waals surface area contributed by atoms with Crippen LogP contribution in [0.5, 0.6) is 5.75 Å². The smallest absolute Gasteiger partial charge is 0.246 e. The number of halogens is 1. The summed E-state index contributed by atoms with van der Waals surface area (Å²) in [6.07, 6.45) is 3.39. The number of anilines is 1. The Hall–Kier alpha value is -1.47. The molecule has 1 unspecified atom stereocenters. The first-order chi connectivity index (χ1) is 11.3. The zero-order valence-electron chi connectivity index (χ0n) is 14.2. The Morgan fingerprint density at radius 2 is 2.00 bits per heavy atom. The number of hydrogen-bond acceptors (Lipinski definition) is 4. The molecule has 0 N–H and O–H groups in total. The van der Waals surface area contributed by atoms with Crippen molar-refractivity contribution in [3.8, 4) is 5.75 Å². The van der Waals surface area contributed by atoms with Crippen LogP contribution in [0.2, 0.25) is 5.02 Å². The van der Waals surface area contributed by atoms with E-state index >= 15 is 0 Å². The number of likely N-dealkylation sites (tertiary alicyclic amines) is 1. The number of carbonyl (C=O) groups is 1. The average Bonchev–Trinajstić information content (AvgIpc) is 3.05. The van der Waals surface area contributed by atoms with Gasteiger partial charge < -0.3 is 9.64 Å². The van der Waals surface area contributed by atoms with Crippen LogP contribution < -0.4 is 9.04 Å². The Kier molecular flexibility index (Phi) is 5.98. The fraction of sp³-hybridized carbons (Fsp3) is 0.562. The van der Waals surface area contributed by atoms with E-state index in [0.717, 1.165) is 19.1 Å². The Morgan fingerprint density at radius 1 is 1.38 bits per heavy atom. The third-order valence-electron chi connectivity index (χ3n) is 4.12. The van der Waals surface area contributed by atoms with Gasteiger partial charge in [-0.3, -0.25) is 9.10 Å². The molecule has 1 aromatic carbocycles. The molecule has 2 rings (SSSR count). The van der Waals surface area contributed by atoms with E-state index in [1.165, 1.54) is 17.5 Å². The largest absolute Gasteiger partial charge is 0.495 e. The number of ether oxygens (including phenoxy) is 1. The molecule has 1 aliphatic heterocycles. The second kappa shape index (κ2) is 7.61. The fourth-order valence-electron chi connectivity index (χ4n) is 2.98. The Labute approximate surface area is 148 Å². The second-order valence-electron chi connectivity index (χ2n) is 5.83. The van der Waals surface area contributed by atoms with Gasteiger partial charge in [0.2, 0.25) is 15.9 Å². The van der Waals surface area contributed by atoms with Crippen LogP contribution >= 0.6 is 11.6 Å². The minimum absolute atomic E-state index is 0.160. The van der Waals surface area contributed by atoms with Gasteiger partial charge in [-0.1, -0.05) is 18.5 Å². The third kappa shape index (κ3) is 3.95. The highest BCUT2D eigenvalue weighted by molar-refractivity contribution is 7.92. The lowest BCUT2D eigenvalue weighted by molar-refractivity contribution is -0.131. The van der Waals surface area contributed by atoms with Gasteiger partial charge in [-0.25, -0.2) is 8.42 Å². The van der Waals surface area contributed by atoms with Gasteiger partial charge in [0.05, 0.1) is 24.1 Å². The lowest BCUT2D eigenvalue weighted by Gasteiger charge is -2.32. The number of amides is 1. The van der Waals surface area contributed by atoms with Crippen LogP contribution in [0, 0.1) is 0 Å². The van der Waals surface area contributed by atoms with Gasteiger partial charge in [-0.2, -0.15) is 0 Å². The summed E-state index contributed by atoms with van der Waals surface area (Å²) in [6, 6.07) is 3.94. The van der Waals surface area contributed by atoms with E-state index in [1.807, 2.05) is 6.92 Å². The summed E-state index contributed by atoms with van der Waals surface area (Å²) < 4.78 is 31.1. The van der Waals surface area contributed by atoms with E-state index in [1.54, 1.807) is 17.0 Å². The number of sulfonamides is 1. The molecule has 1 amide bonds. The number of carbonyl (C=O) groups excluding carboxylic acids is 1. The van der Waals surface area contributed by atoms with Crippen LogP contribution in [-0.4, -0.2) is 51.7 Å². The monoisotopic (exact) mass is 374 g/mol. The molecule has 1 saturated heterocycles. The quantitative estimate of drug-likeness (QED) is 0.767. The summed E-state index contributed by atoms with van der Waals surface area (Å²) in [5, 5.41) is 0.298. The first-order valence-electron chi connectivity index (χ1n) is 7.91. The first-order valence-corrected chi connectivity index (χ1v) is 10.1. The van der Waals surface area contributed by atoms with Crippen molar-refractivity contribution in [1.82, 2.24) is 4.90 Å². The van der Waals surface area contributed by atoms with Gasteiger partial charge in [0.25, 0.3) is 0 Å². The van der Waals surface area contributed by atoms with Crippen molar-refractivity contribution in [2.45, 2.75) is 32.2 Å². The van der Waals surface area contributed by atoms with E-state index in [4.69, 9.17) is 16.3 Å². The van der Waals surface area contributed by atoms with Crippen molar-refractivity contribution in [2.75, 3.05) is 30.8 Å². The maximum absolute atomic E-state index is 12.8. The average molecular weight is 375 g/mol. The molecule has 1 aromatic rings. The Bertz CT molecular complexity index is 702. The predicted molar refractivity (Wildman–Crippen MR) is 95.2 cm³/mol. The highest BCUT2D eigenvalue weighted by Gasteiger charge is 2.35. The molecule has 24 heavy (non-hydrogen) atoms. The molecule has 0 spiro atoms. The van der Waals surface area contributed by atoms with Gasteiger partial charge in [-0.15, -0.1) is 0 Å². The Balaban J connectivity index is 2.43. The van der Waals surface area contributed by atoms with Gasteiger partial charge >= 0.3 is 0 Å². The molecule has 1 aliphatic rings. The standard InChI is InChI=1S/C16H23ClN2O4S/c1-4-14(16(20)18-9-5-6-10-18)19(24(3,21)22)12-7-8-15(23-2)13(17)11-12/h7-8,11,14H,4-6,9-10H2,1-3H3. The minimum Gasteiger partial charge on any atom is -0.495 e. The van der Waals surface area contributed by atoms with Gasteiger partial charge in [0.15, 0.2) is 0 Å². The molecule has 0 saturated carbocycles. The van der Waals surface area contributed by atoms with E-state index in [0.29, 0.717) is 36.0 Å². The molecule has 0 radical (unpaired) electrons. The van der Waals surface area contributed by atoms with E-state index < -0.39 is 16.1 Å². The van der Waals surface area contributed by atoms with Crippen LogP contribution in [0.1, 0.15) is 26.2 Å². The maximum Gasteiger partial charge on any atom is 0.246 e.